The average molecular weight is 378 g/mol. The summed E-state index contributed by atoms with van der Waals surface area (Å²) < 4.78 is 16.1. The van der Waals surface area contributed by atoms with E-state index in [4.69, 9.17) is 14.2 Å². The summed E-state index contributed by atoms with van der Waals surface area (Å²) in [6.45, 7) is 5.25. The van der Waals surface area contributed by atoms with Crippen molar-refractivity contribution in [2.45, 2.75) is 26.9 Å². The molecule has 2 N–H and O–H groups in total. The Labute approximate surface area is 158 Å². The summed E-state index contributed by atoms with van der Waals surface area (Å²) in [5, 5.41) is 7.59. The van der Waals surface area contributed by atoms with Crippen molar-refractivity contribution in [2.24, 2.45) is 4.99 Å². The SMILES string of the molecule is CN=C(NCc1nc(C)c(C)s1)NCc1cc(OC)c(OC)cc1OC. The van der Waals surface area contributed by atoms with E-state index in [0.29, 0.717) is 30.5 Å². The molecule has 8 heteroatoms. The topological polar surface area (TPSA) is 77.0 Å². The molecule has 0 unspecified atom stereocenters. The number of nitrogens with zero attached hydrogens (tertiary/aromatic N) is 2. The van der Waals surface area contributed by atoms with Crippen LogP contribution in [-0.2, 0) is 13.1 Å². The van der Waals surface area contributed by atoms with Gasteiger partial charge in [0.05, 0.1) is 33.6 Å². The van der Waals surface area contributed by atoms with Crippen LogP contribution in [0, 0.1) is 13.8 Å². The Morgan fingerprint density at radius 2 is 1.62 bits per heavy atom. The van der Waals surface area contributed by atoms with E-state index in [0.717, 1.165) is 22.0 Å². The van der Waals surface area contributed by atoms with Gasteiger partial charge in [-0.05, 0) is 19.9 Å². The first kappa shape index (κ1) is 19.8. The van der Waals surface area contributed by atoms with Crippen molar-refractivity contribution in [1.29, 1.82) is 0 Å². The first-order chi connectivity index (χ1) is 12.5. The quantitative estimate of drug-likeness (QED) is 0.570. The number of thiazole rings is 1. The predicted octanol–water partition coefficient (Wildman–Crippen LogP) is 2.65. The van der Waals surface area contributed by atoms with Gasteiger partial charge in [-0.25, -0.2) is 4.98 Å². The number of benzene rings is 1. The van der Waals surface area contributed by atoms with Crippen molar-refractivity contribution in [2.75, 3.05) is 28.4 Å². The van der Waals surface area contributed by atoms with Crippen molar-refractivity contribution in [1.82, 2.24) is 15.6 Å². The second-order valence-electron chi connectivity index (χ2n) is 5.55. The van der Waals surface area contributed by atoms with Crippen LogP contribution in [0.2, 0.25) is 0 Å². The lowest BCUT2D eigenvalue weighted by atomic mass is 10.1. The van der Waals surface area contributed by atoms with Gasteiger partial charge in [0.25, 0.3) is 0 Å². The van der Waals surface area contributed by atoms with Gasteiger partial charge < -0.3 is 24.8 Å². The van der Waals surface area contributed by atoms with E-state index in [1.807, 2.05) is 19.1 Å². The van der Waals surface area contributed by atoms with Crippen LogP contribution < -0.4 is 24.8 Å². The number of nitrogens with one attached hydrogen (secondary N) is 2. The molecule has 1 aromatic carbocycles. The summed E-state index contributed by atoms with van der Waals surface area (Å²) in [4.78, 5) is 10.0. The molecule has 0 amide bonds. The second kappa shape index (κ2) is 9.28. The minimum Gasteiger partial charge on any atom is -0.496 e. The maximum absolute atomic E-state index is 5.45. The zero-order chi connectivity index (χ0) is 19.1. The van der Waals surface area contributed by atoms with E-state index in [-0.39, 0.29) is 0 Å². The molecule has 0 radical (unpaired) electrons. The van der Waals surface area contributed by atoms with Gasteiger partial charge in [-0.3, -0.25) is 4.99 Å². The molecule has 2 aromatic rings. The highest BCUT2D eigenvalue weighted by Crippen LogP contribution is 2.34. The molecule has 2 rings (SSSR count). The molecule has 0 atom stereocenters. The molecule has 26 heavy (non-hydrogen) atoms. The van der Waals surface area contributed by atoms with Crippen LogP contribution in [0.25, 0.3) is 0 Å². The van der Waals surface area contributed by atoms with E-state index in [2.05, 4.69) is 27.5 Å². The Morgan fingerprint density at radius 3 is 2.15 bits per heavy atom. The third-order valence-electron chi connectivity index (χ3n) is 3.94. The zero-order valence-corrected chi connectivity index (χ0v) is 16.9. The number of aryl methyl sites for hydroxylation is 2. The molecule has 142 valence electrons. The van der Waals surface area contributed by atoms with E-state index in [1.165, 1.54) is 4.88 Å². The van der Waals surface area contributed by atoms with Crippen LogP contribution in [-0.4, -0.2) is 39.3 Å². The van der Waals surface area contributed by atoms with Crippen LogP contribution in [0.3, 0.4) is 0 Å². The summed E-state index contributed by atoms with van der Waals surface area (Å²) in [6.07, 6.45) is 0. The third-order valence-corrected chi connectivity index (χ3v) is 5.01. The molecule has 0 bridgehead atoms. The van der Waals surface area contributed by atoms with Crippen LogP contribution in [0.5, 0.6) is 17.2 Å². The van der Waals surface area contributed by atoms with Gasteiger partial charge in [-0.15, -0.1) is 11.3 Å². The van der Waals surface area contributed by atoms with Gasteiger partial charge in [0.1, 0.15) is 10.8 Å². The number of aliphatic imine (C=N–C) groups is 1. The fourth-order valence-electron chi connectivity index (χ4n) is 2.40. The lowest BCUT2D eigenvalue weighted by Crippen LogP contribution is -2.36. The van der Waals surface area contributed by atoms with Gasteiger partial charge in [-0.1, -0.05) is 0 Å². The first-order valence-electron chi connectivity index (χ1n) is 8.18. The Kier molecular flexibility index (Phi) is 7.08. The maximum Gasteiger partial charge on any atom is 0.191 e. The van der Waals surface area contributed by atoms with E-state index >= 15 is 0 Å². The minimum absolute atomic E-state index is 0.527. The monoisotopic (exact) mass is 378 g/mol. The molecule has 7 nitrogen and oxygen atoms in total. The van der Waals surface area contributed by atoms with Crippen LogP contribution >= 0.6 is 11.3 Å². The van der Waals surface area contributed by atoms with Crippen molar-refractivity contribution in [3.05, 3.63) is 33.3 Å². The number of aromatic nitrogens is 1. The Balaban J connectivity index is 2.03. The lowest BCUT2D eigenvalue weighted by molar-refractivity contribution is 0.347. The summed E-state index contributed by atoms with van der Waals surface area (Å²) in [5.41, 5.74) is 2.01. The summed E-state index contributed by atoms with van der Waals surface area (Å²) in [7, 11) is 6.58. The number of ether oxygens (including phenoxy) is 3. The van der Waals surface area contributed by atoms with Gasteiger partial charge >= 0.3 is 0 Å². The highest BCUT2D eigenvalue weighted by Gasteiger charge is 2.12. The molecule has 0 aliphatic heterocycles. The fraction of sp³-hybridized carbons (Fsp3) is 0.444. The van der Waals surface area contributed by atoms with Gasteiger partial charge in [0.15, 0.2) is 17.5 Å². The van der Waals surface area contributed by atoms with Crippen molar-refractivity contribution in [3.8, 4) is 17.2 Å². The first-order valence-corrected chi connectivity index (χ1v) is 9.00. The number of hydrogen-bond acceptors (Lipinski definition) is 6. The Hall–Kier alpha value is -2.48. The van der Waals surface area contributed by atoms with Gasteiger partial charge in [0.2, 0.25) is 0 Å². The van der Waals surface area contributed by atoms with Gasteiger partial charge in [-0.2, -0.15) is 0 Å². The molecule has 0 aliphatic carbocycles. The molecular formula is C18H26N4O3S. The Bertz CT molecular complexity index is 755. The lowest BCUT2D eigenvalue weighted by Gasteiger charge is -2.16. The normalized spacial score (nSPS) is 11.2. The summed E-state index contributed by atoms with van der Waals surface area (Å²) >= 11 is 1.69. The largest absolute Gasteiger partial charge is 0.496 e. The third kappa shape index (κ3) is 4.78. The highest BCUT2D eigenvalue weighted by atomic mass is 32.1. The predicted molar refractivity (Wildman–Crippen MR) is 105 cm³/mol. The second-order valence-corrected chi connectivity index (χ2v) is 6.84. The van der Waals surface area contributed by atoms with E-state index in [1.54, 1.807) is 39.7 Å². The molecular weight excluding hydrogens is 352 g/mol. The number of hydrogen-bond donors (Lipinski definition) is 2. The molecule has 0 saturated heterocycles. The minimum atomic E-state index is 0.527. The number of guanidine groups is 1. The molecule has 1 heterocycles. The maximum atomic E-state index is 5.45. The standard InChI is InChI=1S/C18H26N4O3S/c1-11-12(2)26-17(22-11)10-21-18(19-3)20-9-13-7-15(24-5)16(25-6)8-14(13)23-4/h7-8H,9-10H2,1-6H3,(H2,19,20,21). The van der Waals surface area contributed by atoms with E-state index in [9.17, 15) is 0 Å². The van der Waals surface area contributed by atoms with E-state index < -0.39 is 0 Å². The zero-order valence-electron chi connectivity index (χ0n) is 16.1. The summed E-state index contributed by atoms with van der Waals surface area (Å²) in [5.74, 6) is 2.69. The van der Waals surface area contributed by atoms with Crippen molar-refractivity contribution in [3.63, 3.8) is 0 Å². The van der Waals surface area contributed by atoms with Gasteiger partial charge in [0, 0.05) is 30.1 Å². The average Bonchev–Trinajstić information content (AvgIpc) is 2.98. The summed E-state index contributed by atoms with van der Waals surface area (Å²) in [6, 6.07) is 3.71. The smallest absolute Gasteiger partial charge is 0.191 e. The van der Waals surface area contributed by atoms with Crippen LogP contribution in [0.15, 0.2) is 17.1 Å². The molecule has 0 aliphatic rings. The molecule has 0 saturated carbocycles. The molecule has 1 aromatic heterocycles. The Morgan fingerprint density at radius 1 is 1.00 bits per heavy atom. The van der Waals surface area contributed by atoms with Crippen LogP contribution in [0.1, 0.15) is 21.1 Å². The number of rotatable bonds is 7. The highest BCUT2D eigenvalue weighted by molar-refractivity contribution is 7.11. The molecule has 0 spiro atoms. The fourth-order valence-corrected chi connectivity index (χ4v) is 3.28. The van der Waals surface area contributed by atoms with Crippen molar-refractivity contribution >= 4 is 17.3 Å². The number of methoxy groups -OCH3 is 3. The van der Waals surface area contributed by atoms with Crippen molar-refractivity contribution < 1.29 is 14.2 Å². The molecule has 0 fully saturated rings. The van der Waals surface area contributed by atoms with Crippen LogP contribution in [0.4, 0.5) is 0 Å².